The first-order valence-electron chi connectivity index (χ1n) is 9.13. The Kier molecular flexibility index (Phi) is 5.53. The van der Waals surface area contributed by atoms with E-state index >= 15 is 0 Å². The number of fused-ring (bicyclic) bond motifs is 1. The van der Waals surface area contributed by atoms with Crippen LogP contribution in [-0.2, 0) is 20.7 Å². The van der Waals surface area contributed by atoms with Crippen molar-refractivity contribution in [3.05, 3.63) is 82.4 Å². The maximum absolute atomic E-state index is 14.3. The predicted molar refractivity (Wildman–Crippen MR) is 109 cm³/mol. The number of hydrogen-bond acceptors (Lipinski definition) is 4. The van der Waals surface area contributed by atoms with Crippen LogP contribution in [0.3, 0.4) is 0 Å². The molecule has 0 bridgehead atoms. The van der Waals surface area contributed by atoms with Gasteiger partial charge in [-0.25, -0.2) is 8.78 Å². The van der Waals surface area contributed by atoms with Gasteiger partial charge in [-0.3, -0.25) is 4.18 Å². The molecule has 0 radical (unpaired) electrons. The topological polar surface area (TPSA) is 52.6 Å². The largest absolute Gasteiger partial charge is 0.487 e. The van der Waals surface area contributed by atoms with Crippen LogP contribution in [-0.4, -0.2) is 21.1 Å². The molecule has 30 heavy (non-hydrogen) atoms. The fourth-order valence-electron chi connectivity index (χ4n) is 3.33. The van der Waals surface area contributed by atoms with E-state index in [0.717, 1.165) is 17.7 Å². The second-order valence-corrected chi connectivity index (χ2v) is 9.11. The van der Waals surface area contributed by atoms with Crippen LogP contribution in [0.5, 0.6) is 5.75 Å². The second kappa shape index (κ2) is 7.98. The van der Waals surface area contributed by atoms with Gasteiger partial charge in [0.05, 0.1) is 4.90 Å². The standard InChI is InChI=1S/C22H17ClF2O4S/c1-13-2-5-18(6-3-13)30(26,27)28-12-17-9-14-8-15(23)10-20(22(14)29-17)19-7-4-16(24)11-21(19)25/h2-8,10-11,17H,9,12H2,1H3. The molecule has 0 amide bonds. The highest BCUT2D eigenvalue weighted by Gasteiger charge is 2.29. The zero-order chi connectivity index (χ0) is 21.5. The number of benzene rings is 3. The van der Waals surface area contributed by atoms with E-state index in [-0.39, 0.29) is 17.1 Å². The van der Waals surface area contributed by atoms with Gasteiger partial charge in [0.25, 0.3) is 10.1 Å². The maximum Gasteiger partial charge on any atom is 0.297 e. The minimum absolute atomic E-state index is 0.0562. The average molecular weight is 451 g/mol. The summed E-state index contributed by atoms with van der Waals surface area (Å²) in [4.78, 5) is 0.0562. The van der Waals surface area contributed by atoms with Gasteiger partial charge in [0.15, 0.2) is 0 Å². The molecular weight excluding hydrogens is 434 g/mol. The molecular formula is C22H17ClF2O4S. The number of aryl methyl sites for hydroxylation is 1. The normalized spacial score (nSPS) is 15.7. The SMILES string of the molecule is Cc1ccc(S(=O)(=O)OCC2Cc3cc(Cl)cc(-c4ccc(F)cc4F)c3O2)cc1. The molecule has 8 heteroatoms. The van der Waals surface area contributed by atoms with Crippen LogP contribution >= 0.6 is 11.6 Å². The zero-order valence-corrected chi connectivity index (χ0v) is 17.4. The van der Waals surface area contributed by atoms with E-state index < -0.39 is 27.9 Å². The van der Waals surface area contributed by atoms with Crippen molar-refractivity contribution in [3.8, 4) is 16.9 Å². The number of rotatable bonds is 5. The quantitative estimate of drug-likeness (QED) is 0.495. The lowest BCUT2D eigenvalue weighted by atomic mass is 10.00. The first-order chi connectivity index (χ1) is 14.2. The Morgan fingerprint density at radius 2 is 1.80 bits per heavy atom. The fraction of sp³-hybridized carbons (Fsp3) is 0.182. The van der Waals surface area contributed by atoms with Crippen molar-refractivity contribution >= 4 is 21.7 Å². The van der Waals surface area contributed by atoms with Crippen LogP contribution in [0.2, 0.25) is 5.02 Å². The van der Waals surface area contributed by atoms with E-state index in [2.05, 4.69) is 0 Å². The molecule has 0 aliphatic carbocycles. The molecule has 1 atom stereocenters. The van der Waals surface area contributed by atoms with E-state index in [1.807, 2.05) is 6.92 Å². The lowest BCUT2D eigenvalue weighted by Crippen LogP contribution is -2.23. The minimum Gasteiger partial charge on any atom is -0.487 e. The molecule has 1 aliphatic rings. The van der Waals surface area contributed by atoms with Crippen molar-refractivity contribution in [2.45, 2.75) is 24.3 Å². The summed E-state index contributed by atoms with van der Waals surface area (Å²) in [5, 5.41) is 0.366. The highest BCUT2D eigenvalue weighted by Crippen LogP contribution is 2.42. The first-order valence-corrected chi connectivity index (χ1v) is 10.9. The zero-order valence-electron chi connectivity index (χ0n) is 15.9. The number of halogens is 3. The third-order valence-electron chi connectivity index (χ3n) is 4.80. The summed E-state index contributed by atoms with van der Waals surface area (Å²) in [6.07, 6.45) is -0.254. The Labute approximate surface area is 178 Å². The van der Waals surface area contributed by atoms with Crippen molar-refractivity contribution in [1.82, 2.24) is 0 Å². The van der Waals surface area contributed by atoms with E-state index in [0.29, 0.717) is 28.3 Å². The second-order valence-electron chi connectivity index (χ2n) is 7.06. The van der Waals surface area contributed by atoms with Crippen LogP contribution < -0.4 is 4.74 Å². The van der Waals surface area contributed by atoms with Crippen LogP contribution in [0.4, 0.5) is 8.78 Å². The highest BCUT2D eigenvalue weighted by molar-refractivity contribution is 7.86. The van der Waals surface area contributed by atoms with Gasteiger partial charge in [0, 0.05) is 34.2 Å². The summed E-state index contributed by atoms with van der Waals surface area (Å²) in [5.41, 5.74) is 2.14. The summed E-state index contributed by atoms with van der Waals surface area (Å²) in [7, 11) is -3.94. The molecule has 4 nitrogen and oxygen atoms in total. The van der Waals surface area contributed by atoms with Crippen LogP contribution in [0, 0.1) is 18.6 Å². The number of hydrogen-bond donors (Lipinski definition) is 0. The molecule has 3 aromatic rings. The van der Waals surface area contributed by atoms with Gasteiger partial charge in [-0.05, 0) is 43.3 Å². The summed E-state index contributed by atoms with van der Waals surface area (Å²) < 4.78 is 63.5. The lowest BCUT2D eigenvalue weighted by Gasteiger charge is -2.14. The summed E-state index contributed by atoms with van der Waals surface area (Å²) in [6, 6.07) is 12.8. The van der Waals surface area contributed by atoms with Gasteiger partial charge < -0.3 is 4.74 Å². The fourth-order valence-corrected chi connectivity index (χ4v) is 4.51. The molecule has 3 aromatic carbocycles. The number of ether oxygens (including phenoxy) is 1. The van der Waals surface area contributed by atoms with Crippen molar-refractivity contribution < 1.29 is 26.1 Å². The molecule has 1 unspecified atom stereocenters. The van der Waals surface area contributed by atoms with Gasteiger partial charge in [0.2, 0.25) is 0 Å². The summed E-state index contributed by atoms with van der Waals surface area (Å²) in [6.45, 7) is 1.64. The minimum atomic E-state index is -3.94. The molecule has 0 aromatic heterocycles. The molecule has 156 valence electrons. The van der Waals surface area contributed by atoms with E-state index in [1.165, 1.54) is 24.3 Å². The highest BCUT2D eigenvalue weighted by atomic mass is 35.5. The van der Waals surface area contributed by atoms with Crippen LogP contribution in [0.1, 0.15) is 11.1 Å². The molecule has 0 N–H and O–H groups in total. The molecule has 0 saturated heterocycles. The van der Waals surface area contributed by atoms with E-state index in [1.54, 1.807) is 18.2 Å². The molecule has 4 rings (SSSR count). The summed E-state index contributed by atoms with van der Waals surface area (Å²) >= 11 is 6.17. The Morgan fingerprint density at radius 1 is 1.07 bits per heavy atom. The van der Waals surface area contributed by atoms with Gasteiger partial charge in [-0.1, -0.05) is 29.3 Å². The van der Waals surface area contributed by atoms with Gasteiger partial charge in [0.1, 0.15) is 30.1 Å². The van der Waals surface area contributed by atoms with Crippen molar-refractivity contribution in [2.75, 3.05) is 6.61 Å². The van der Waals surface area contributed by atoms with Gasteiger partial charge >= 0.3 is 0 Å². The molecule has 0 saturated carbocycles. The van der Waals surface area contributed by atoms with E-state index in [4.69, 9.17) is 20.5 Å². The average Bonchev–Trinajstić information content (AvgIpc) is 3.09. The third-order valence-corrected chi connectivity index (χ3v) is 6.32. The monoisotopic (exact) mass is 450 g/mol. The first kappa shape index (κ1) is 20.8. The Balaban J connectivity index is 1.55. The lowest BCUT2D eigenvalue weighted by molar-refractivity contribution is 0.152. The summed E-state index contributed by atoms with van der Waals surface area (Å²) in [5.74, 6) is -1.06. The Hall–Kier alpha value is -2.48. The van der Waals surface area contributed by atoms with Crippen molar-refractivity contribution in [1.29, 1.82) is 0 Å². The maximum atomic E-state index is 14.3. The molecule has 1 aliphatic heterocycles. The van der Waals surface area contributed by atoms with Crippen LogP contribution in [0.25, 0.3) is 11.1 Å². The predicted octanol–water partition coefficient (Wildman–Crippen LogP) is 5.30. The van der Waals surface area contributed by atoms with Crippen LogP contribution in [0.15, 0.2) is 59.5 Å². The molecule has 0 fully saturated rings. The Bertz CT molecular complexity index is 1210. The third kappa shape index (κ3) is 4.19. The molecule has 1 heterocycles. The van der Waals surface area contributed by atoms with Crippen molar-refractivity contribution in [3.63, 3.8) is 0 Å². The van der Waals surface area contributed by atoms with E-state index in [9.17, 15) is 17.2 Å². The Morgan fingerprint density at radius 3 is 2.50 bits per heavy atom. The van der Waals surface area contributed by atoms with Crippen molar-refractivity contribution in [2.24, 2.45) is 0 Å². The van der Waals surface area contributed by atoms with Gasteiger partial charge in [-0.15, -0.1) is 0 Å². The molecule has 0 spiro atoms. The smallest absolute Gasteiger partial charge is 0.297 e. The van der Waals surface area contributed by atoms with Gasteiger partial charge in [-0.2, -0.15) is 8.42 Å².